The highest BCUT2D eigenvalue weighted by molar-refractivity contribution is 6.04. The molecular formula is C27H31N3O5. The fourth-order valence-corrected chi connectivity index (χ4v) is 5.03. The summed E-state index contributed by atoms with van der Waals surface area (Å²) in [5.41, 5.74) is 2.42. The van der Waals surface area contributed by atoms with Gasteiger partial charge in [0.2, 0.25) is 17.6 Å². The van der Waals surface area contributed by atoms with Crippen molar-refractivity contribution < 1.29 is 23.9 Å². The topological polar surface area (TPSA) is 125 Å². The summed E-state index contributed by atoms with van der Waals surface area (Å²) in [4.78, 5) is 51.0. The van der Waals surface area contributed by atoms with Gasteiger partial charge < -0.3 is 15.4 Å². The number of nitrogens with zero attached hydrogens (tertiary/aromatic N) is 1. The Morgan fingerprint density at radius 1 is 1.23 bits per heavy atom. The van der Waals surface area contributed by atoms with Crippen LogP contribution in [-0.2, 0) is 25.6 Å². The van der Waals surface area contributed by atoms with Gasteiger partial charge in [-0.15, -0.1) is 0 Å². The Bertz CT molecular complexity index is 1100. The molecule has 1 aromatic rings. The van der Waals surface area contributed by atoms with E-state index >= 15 is 0 Å². The van der Waals surface area contributed by atoms with E-state index in [1.54, 1.807) is 19.3 Å². The molecule has 0 unspecified atom stereocenters. The first-order valence-corrected chi connectivity index (χ1v) is 12.3. The van der Waals surface area contributed by atoms with Crippen LogP contribution in [0.15, 0.2) is 23.8 Å². The molecule has 0 spiro atoms. The van der Waals surface area contributed by atoms with Crippen LogP contribution >= 0.6 is 0 Å². The lowest BCUT2D eigenvalue weighted by Gasteiger charge is -2.25. The molecule has 1 saturated heterocycles. The van der Waals surface area contributed by atoms with Crippen LogP contribution in [0.3, 0.4) is 0 Å². The number of hydrogen-bond acceptors (Lipinski definition) is 6. The number of rotatable bonds is 11. The zero-order valence-electron chi connectivity index (χ0n) is 20.0. The highest BCUT2D eigenvalue weighted by atomic mass is 16.5. The Morgan fingerprint density at radius 3 is 2.71 bits per heavy atom. The van der Waals surface area contributed by atoms with Crippen LogP contribution < -0.4 is 15.4 Å². The first-order chi connectivity index (χ1) is 16.9. The van der Waals surface area contributed by atoms with Crippen molar-refractivity contribution in [3.8, 4) is 11.8 Å². The number of carbonyl (C=O) groups excluding carboxylic acids is 4. The molecule has 3 atom stereocenters. The Hall–Kier alpha value is -3.47. The average molecular weight is 478 g/mol. The van der Waals surface area contributed by atoms with E-state index in [0.29, 0.717) is 43.0 Å². The number of methoxy groups -OCH3 is 1. The van der Waals surface area contributed by atoms with Crippen LogP contribution in [0.4, 0.5) is 0 Å². The molecule has 2 fully saturated rings. The summed E-state index contributed by atoms with van der Waals surface area (Å²) in [5.74, 6) is -1.55. The van der Waals surface area contributed by atoms with Crippen LogP contribution in [0.1, 0.15) is 56.1 Å². The molecule has 0 aromatic heterocycles. The van der Waals surface area contributed by atoms with Gasteiger partial charge in [-0.05, 0) is 49.3 Å². The van der Waals surface area contributed by atoms with Gasteiger partial charge in [0.05, 0.1) is 13.2 Å². The van der Waals surface area contributed by atoms with E-state index in [1.807, 2.05) is 18.2 Å². The predicted octanol–water partition coefficient (Wildman–Crippen LogP) is 2.50. The molecule has 1 saturated carbocycles. The molecule has 2 N–H and O–H groups in total. The molecule has 4 rings (SSSR count). The number of nitriles is 1. The van der Waals surface area contributed by atoms with Gasteiger partial charge in [-0.25, -0.2) is 0 Å². The molecule has 0 radical (unpaired) electrons. The van der Waals surface area contributed by atoms with Crippen molar-refractivity contribution in [2.75, 3.05) is 13.7 Å². The van der Waals surface area contributed by atoms with Crippen LogP contribution in [0, 0.1) is 29.1 Å². The van der Waals surface area contributed by atoms with Crippen LogP contribution in [0.25, 0.3) is 6.08 Å². The maximum absolute atomic E-state index is 13.3. The summed E-state index contributed by atoms with van der Waals surface area (Å²) in [6.45, 7) is 0.603. The fraction of sp³-hybridized carbons (Fsp3) is 0.519. The van der Waals surface area contributed by atoms with Gasteiger partial charge in [-0.1, -0.05) is 25.0 Å². The van der Waals surface area contributed by atoms with E-state index in [-0.39, 0.29) is 36.4 Å². The zero-order chi connectivity index (χ0) is 24.9. The number of piperidine rings is 1. The number of benzene rings is 1. The van der Waals surface area contributed by atoms with Gasteiger partial charge in [-0.2, -0.15) is 5.26 Å². The van der Waals surface area contributed by atoms with Crippen molar-refractivity contribution in [1.29, 1.82) is 5.26 Å². The van der Waals surface area contributed by atoms with E-state index in [4.69, 9.17) is 4.74 Å². The standard InChI is InChI=1S/C27H31N3O5/c1-35-25-6-2-4-17-11-20(13-21(17)25)27(34)30-22(10-16-7-8-16)23(31)14-19(24(32)15-28)12-18-5-3-9-29-26(18)33/h2,4,6,13,16,18-19,22H,3,5,7-12,14H2,1H3,(H,29,33)(H,30,34)/t18-,19+,22-/m0/s1. The van der Waals surface area contributed by atoms with Crippen molar-refractivity contribution in [2.45, 2.75) is 57.4 Å². The third kappa shape index (κ3) is 5.97. The van der Waals surface area contributed by atoms with Gasteiger partial charge in [0.1, 0.15) is 11.8 Å². The quantitative estimate of drug-likeness (QED) is 0.472. The molecule has 1 heterocycles. The third-order valence-corrected chi connectivity index (χ3v) is 7.22. The summed E-state index contributed by atoms with van der Waals surface area (Å²) in [7, 11) is 1.59. The number of hydrogen-bond donors (Lipinski definition) is 2. The van der Waals surface area contributed by atoms with E-state index in [9.17, 15) is 24.4 Å². The van der Waals surface area contributed by atoms with Crippen molar-refractivity contribution >= 4 is 29.5 Å². The van der Waals surface area contributed by atoms with Gasteiger partial charge in [0, 0.05) is 42.4 Å². The normalized spacial score (nSPS) is 20.5. The molecule has 3 aliphatic rings. The molecule has 8 nitrogen and oxygen atoms in total. The van der Waals surface area contributed by atoms with E-state index < -0.39 is 17.7 Å². The molecular weight excluding hydrogens is 446 g/mol. The molecule has 35 heavy (non-hydrogen) atoms. The van der Waals surface area contributed by atoms with Gasteiger partial charge in [-0.3, -0.25) is 19.2 Å². The number of carbonyl (C=O) groups is 4. The molecule has 8 heteroatoms. The number of amides is 2. The number of ketones is 2. The Morgan fingerprint density at radius 2 is 2.03 bits per heavy atom. The maximum Gasteiger partial charge on any atom is 0.248 e. The second-order valence-electron chi connectivity index (χ2n) is 9.79. The Labute approximate surface area is 205 Å². The summed E-state index contributed by atoms with van der Waals surface area (Å²) in [6.07, 6.45) is 6.25. The zero-order valence-corrected chi connectivity index (χ0v) is 20.0. The van der Waals surface area contributed by atoms with Crippen molar-refractivity contribution in [2.24, 2.45) is 17.8 Å². The monoisotopic (exact) mass is 477 g/mol. The lowest BCUT2D eigenvalue weighted by atomic mass is 9.82. The lowest BCUT2D eigenvalue weighted by Crippen LogP contribution is -2.43. The first-order valence-electron chi connectivity index (χ1n) is 12.3. The second kappa shape index (κ2) is 10.9. The number of Topliss-reactive ketones (excluding diaryl/α,β-unsaturated/α-hetero) is 2. The minimum Gasteiger partial charge on any atom is -0.496 e. The van der Waals surface area contributed by atoms with Crippen molar-refractivity contribution in [3.05, 3.63) is 34.9 Å². The fourth-order valence-electron chi connectivity index (χ4n) is 5.03. The van der Waals surface area contributed by atoms with Gasteiger partial charge in [0.25, 0.3) is 0 Å². The minimum absolute atomic E-state index is 0.134. The average Bonchev–Trinajstić information content (AvgIpc) is 3.57. The Kier molecular flexibility index (Phi) is 7.64. The van der Waals surface area contributed by atoms with Crippen molar-refractivity contribution in [3.63, 3.8) is 0 Å². The SMILES string of the molecule is COc1cccc2c1C=C(C(=O)N[C@@H](CC1CC1)C(=O)C[C@@H](C[C@@H]1CCCNC1=O)C(=O)C#N)C2. The van der Waals surface area contributed by atoms with Crippen LogP contribution in [0.5, 0.6) is 5.75 Å². The molecule has 184 valence electrons. The molecule has 0 bridgehead atoms. The number of ether oxygens (including phenoxy) is 1. The van der Waals surface area contributed by atoms with Gasteiger partial charge in [0.15, 0.2) is 5.78 Å². The predicted molar refractivity (Wildman–Crippen MR) is 128 cm³/mol. The molecule has 1 aliphatic heterocycles. The van der Waals surface area contributed by atoms with Crippen molar-refractivity contribution in [1.82, 2.24) is 10.6 Å². The summed E-state index contributed by atoms with van der Waals surface area (Å²) in [5, 5.41) is 14.9. The summed E-state index contributed by atoms with van der Waals surface area (Å²) < 4.78 is 5.39. The van der Waals surface area contributed by atoms with Crippen LogP contribution in [-0.4, -0.2) is 43.1 Å². The largest absolute Gasteiger partial charge is 0.496 e. The van der Waals surface area contributed by atoms with Crippen LogP contribution in [0.2, 0.25) is 0 Å². The number of fused-ring (bicyclic) bond motifs is 1. The third-order valence-electron chi connectivity index (χ3n) is 7.22. The lowest BCUT2D eigenvalue weighted by molar-refractivity contribution is -0.131. The highest BCUT2D eigenvalue weighted by Gasteiger charge is 2.35. The number of nitrogens with one attached hydrogen (secondary N) is 2. The maximum atomic E-state index is 13.3. The molecule has 2 aliphatic carbocycles. The van der Waals surface area contributed by atoms with Gasteiger partial charge >= 0.3 is 0 Å². The Balaban J connectivity index is 1.45. The highest BCUT2D eigenvalue weighted by Crippen LogP contribution is 2.35. The van der Waals surface area contributed by atoms with E-state index in [2.05, 4.69) is 10.6 Å². The van der Waals surface area contributed by atoms with E-state index in [1.165, 1.54) is 0 Å². The van der Waals surface area contributed by atoms with E-state index in [0.717, 1.165) is 30.4 Å². The second-order valence-corrected chi connectivity index (χ2v) is 9.79. The summed E-state index contributed by atoms with van der Waals surface area (Å²) in [6, 6.07) is 6.58. The molecule has 1 aromatic carbocycles. The molecule has 2 amide bonds. The smallest absolute Gasteiger partial charge is 0.248 e. The minimum atomic E-state index is -0.848. The first kappa shape index (κ1) is 24.6. The summed E-state index contributed by atoms with van der Waals surface area (Å²) >= 11 is 0.